The summed E-state index contributed by atoms with van der Waals surface area (Å²) in [5.41, 5.74) is 9.32. The Balaban J connectivity index is 2.15. The first-order valence-electron chi connectivity index (χ1n) is 6.69. The van der Waals surface area contributed by atoms with Gasteiger partial charge in [-0.05, 0) is 48.4 Å². The molecule has 0 amide bonds. The molecule has 0 aromatic heterocycles. The van der Waals surface area contributed by atoms with E-state index in [0.717, 1.165) is 6.42 Å². The maximum atomic E-state index is 9.64. The van der Waals surface area contributed by atoms with Gasteiger partial charge in [-0.2, -0.15) is 0 Å². The second kappa shape index (κ2) is 3.74. The molecule has 0 aliphatic heterocycles. The molecule has 0 spiro atoms. The van der Waals surface area contributed by atoms with Gasteiger partial charge in [0.25, 0.3) is 0 Å². The Morgan fingerprint density at radius 1 is 1.35 bits per heavy atom. The van der Waals surface area contributed by atoms with Gasteiger partial charge in [-0.3, -0.25) is 0 Å². The average molecular weight is 231 g/mol. The first kappa shape index (κ1) is 11.1. The van der Waals surface area contributed by atoms with Crippen molar-refractivity contribution in [2.75, 3.05) is 0 Å². The zero-order chi connectivity index (χ0) is 12.0. The summed E-state index contributed by atoms with van der Waals surface area (Å²) < 4.78 is 0. The Bertz CT molecular complexity index is 443. The lowest BCUT2D eigenvalue weighted by molar-refractivity contribution is 0.254. The van der Waals surface area contributed by atoms with Gasteiger partial charge in [0.15, 0.2) is 0 Å². The lowest BCUT2D eigenvalue weighted by Crippen LogP contribution is -2.51. The molecule has 0 radical (unpaired) electrons. The smallest absolute Gasteiger partial charge is 0.115 e. The number of nitrogens with two attached hydrogens (primary N) is 1. The number of fused-ring (bicyclic) bond motifs is 4. The molecular formula is C15H21NO. The summed E-state index contributed by atoms with van der Waals surface area (Å²) in [5.74, 6) is 0.983. The second-order valence-electron chi connectivity index (χ2n) is 5.99. The van der Waals surface area contributed by atoms with Crippen LogP contribution in [0.3, 0.4) is 0 Å². The third-order valence-electron chi connectivity index (χ3n) is 4.95. The molecule has 92 valence electrons. The molecule has 0 saturated heterocycles. The highest BCUT2D eigenvalue weighted by Gasteiger charge is 2.44. The summed E-state index contributed by atoms with van der Waals surface area (Å²) in [6, 6.07) is 6.12. The number of benzene rings is 1. The van der Waals surface area contributed by atoms with Crippen LogP contribution in [0.15, 0.2) is 18.2 Å². The lowest BCUT2D eigenvalue weighted by Gasteiger charge is -2.44. The van der Waals surface area contributed by atoms with E-state index in [4.69, 9.17) is 5.73 Å². The highest BCUT2D eigenvalue weighted by molar-refractivity contribution is 5.43. The Morgan fingerprint density at radius 3 is 3.00 bits per heavy atom. The van der Waals surface area contributed by atoms with Gasteiger partial charge in [0.1, 0.15) is 5.75 Å². The van der Waals surface area contributed by atoms with Crippen LogP contribution in [0.5, 0.6) is 5.75 Å². The molecular weight excluding hydrogens is 210 g/mol. The van der Waals surface area contributed by atoms with E-state index in [2.05, 4.69) is 13.0 Å². The van der Waals surface area contributed by atoms with Crippen LogP contribution in [0, 0.1) is 5.92 Å². The minimum atomic E-state index is 0.114. The zero-order valence-corrected chi connectivity index (χ0v) is 10.4. The molecule has 3 rings (SSSR count). The minimum absolute atomic E-state index is 0.114. The normalized spacial score (nSPS) is 36.1. The largest absolute Gasteiger partial charge is 0.508 e. The van der Waals surface area contributed by atoms with Crippen LogP contribution in [-0.2, 0) is 11.8 Å². The van der Waals surface area contributed by atoms with Gasteiger partial charge in [0.2, 0.25) is 0 Å². The number of aromatic hydroxyl groups is 1. The minimum Gasteiger partial charge on any atom is -0.508 e. The van der Waals surface area contributed by atoms with Gasteiger partial charge in [-0.25, -0.2) is 0 Å². The van der Waals surface area contributed by atoms with E-state index in [0.29, 0.717) is 11.7 Å². The Hall–Kier alpha value is -1.02. The van der Waals surface area contributed by atoms with Crippen molar-refractivity contribution in [3.8, 4) is 5.75 Å². The number of phenolic OH excluding ortho intramolecular Hbond substituents is 1. The van der Waals surface area contributed by atoms with E-state index >= 15 is 0 Å². The van der Waals surface area contributed by atoms with E-state index in [1.165, 1.54) is 36.8 Å². The van der Waals surface area contributed by atoms with Gasteiger partial charge in [-0.1, -0.05) is 25.8 Å². The van der Waals surface area contributed by atoms with Gasteiger partial charge < -0.3 is 10.8 Å². The SMILES string of the molecule is C[C@@]12CCCCC(Cc3cc(O)ccc31)C2N. The molecule has 2 unspecified atom stereocenters. The molecule has 0 heterocycles. The molecule has 2 nitrogen and oxygen atoms in total. The molecule has 2 aliphatic carbocycles. The van der Waals surface area contributed by atoms with Crippen LogP contribution >= 0.6 is 0 Å². The highest BCUT2D eigenvalue weighted by atomic mass is 16.3. The van der Waals surface area contributed by atoms with Gasteiger partial charge >= 0.3 is 0 Å². The van der Waals surface area contributed by atoms with Crippen molar-refractivity contribution < 1.29 is 5.11 Å². The number of hydrogen-bond acceptors (Lipinski definition) is 2. The van der Waals surface area contributed by atoms with Crippen LogP contribution in [0.2, 0.25) is 0 Å². The fourth-order valence-electron chi connectivity index (χ4n) is 3.90. The first-order valence-corrected chi connectivity index (χ1v) is 6.69. The lowest BCUT2D eigenvalue weighted by atomic mass is 9.63. The van der Waals surface area contributed by atoms with Crippen LogP contribution < -0.4 is 5.73 Å². The van der Waals surface area contributed by atoms with Crippen molar-refractivity contribution >= 4 is 0 Å². The summed E-state index contributed by atoms with van der Waals surface area (Å²) in [6.45, 7) is 2.31. The van der Waals surface area contributed by atoms with Crippen LogP contribution in [0.4, 0.5) is 0 Å². The maximum absolute atomic E-state index is 9.64. The molecule has 1 aromatic carbocycles. The molecule has 17 heavy (non-hydrogen) atoms. The summed E-state index contributed by atoms with van der Waals surface area (Å²) >= 11 is 0. The molecule has 3 N–H and O–H groups in total. The fourth-order valence-corrected chi connectivity index (χ4v) is 3.90. The molecule has 3 atom stereocenters. The van der Waals surface area contributed by atoms with E-state index in [1.807, 2.05) is 12.1 Å². The standard InChI is InChI=1S/C15H21NO/c1-15-7-3-2-4-10(14(15)16)8-11-9-12(17)5-6-13(11)15/h5-6,9-10,14,17H,2-4,7-8,16H2,1H3/t10?,14?,15-/m1/s1. The van der Waals surface area contributed by atoms with Gasteiger partial charge in [0.05, 0.1) is 0 Å². The molecule has 1 fully saturated rings. The molecule has 2 aliphatic rings. The quantitative estimate of drug-likeness (QED) is 0.721. The van der Waals surface area contributed by atoms with Crippen molar-refractivity contribution in [3.63, 3.8) is 0 Å². The van der Waals surface area contributed by atoms with Crippen LogP contribution in [0.25, 0.3) is 0 Å². The Morgan fingerprint density at radius 2 is 2.18 bits per heavy atom. The summed E-state index contributed by atoms with van der Waals surface area (Å²) in [5, 5.41) is 9.64. The topological polar surface area (TPSA) is 46.2 Å². The van der Waals surface area contributed by atoms with Crippen LogP contribution in [0.1, 0.15) is 43.7 Å². The van der Waals surface area contributed by atoms with E-state index < -0.39 is 0 Å². The Labute approximate surface area is 103 Å². The molecule has 2 heteroatoms. The van der Waals surface area contributed by atoms with Gasteiger partial charge in [-0.15, -0.1) is 0 Å². The monoisotopic (exact) mass is 231 g/mol. The highest BCUT2D eigenvalue weighted by Crippen LogP contribution is 2.46. The molecule has 1 saturated carbocycles. The Kier molecular flexibility index (Phi) is 2.44. The molecule has 1 aromatic rings. The summed E-state index contributed by atoms with van der Waals surface area (Å²) in [7, 11) is 0. The number of phenols is 1. The van der Waals surface area contributed by atoms with E-state index in [1.54, 1.807) is 0 Å². The zero-order valence-electron chi connectivity index (χ0n) is 10.4. The van der Waals surface area contributed by atoms with Crippen molar-refractivity contribution in [1.29, 1.82) is 0 Å². The fraction of sp³-hybridized carbons (Fsp3) is 0.600. The summed E-state index contributed by atoms with van der Waals surface area (Å²) in [4.78, 5) is 0. The van der Waals surface area contributed by atoms with Crippen molar-refractivity contribution in [2.45, 2.75) is 50.5 Å². The van der Waals surface area contributed by atoms with Crippen molar-refractivity contribution in [1.82, 2.24) is 0 Å². The number of hydrogen-bond donors (Lipinski definition) is 2. The van der Waals surface area contributed by atoms with Crippen LogP contribution in [-0.4, -0.2) is 11.1 Å². The summed E-state index contributed by atoms with van der Waals surface area (Å²) in [6.07, 6.45) is 6.05. The predicted molar refractivity (Wildman–Crippen MR) is 69.1 cm³/mol. The second-order valence-corrected chi connectivity index (χ2v) is 5.99. The number of rotatable bonds is 0. The first-order chi connectivity index (χ1) is 8.11. The third-order valence-corrected chi connectivity index (χ3v) is 4.95. The van der Waals surface area contributed by atoms with Gasteiger partial charge in [0, 0.05) is 11.5 Å². The molecule has 2 bridgehead atoms. The van der Waals surface area contributed by atoms with E-state index in [-0.39, 0.29) is 11.5 Å². The maximum Gasteiger partial charge on any atom is 0.115 e. The van der Waals surface area contributed by atoms with Crippen molar-refractivity contribution in [2.24, 2.45) is 11.7 Å². The third kappa shape index (κ3) is 1.58. The average Bonchev–Trinajstić information content (AvgIpc) is 2.40. The predicted octanol–water partition coefficient (Wildman–Crippen LogP) is 2.72. The van der Waals surface area contributed by atoms with Crippen molar-refractivity contribution in [3.05, 3.63) is 29.3 Å². The van der Waals surface area contributed by atoms with E-state index in [9.17, 15) is 5.11 Å².